The molecule has 2 nitrogen and oxygen atoms in total. The van der Waals surface area contributed by atoms with Gasteiger partial charge in [-0.05, 0) is 55.5 Å². The number of rotatable bonds is 3. The Morgan fingerprint density at radius 3 is 2.20 bits per heavy atom. The van der Waals surface area contributed by atoms with Gasteiger partial charge in [-0.25, -0.2) is 0 Å². The zero-order valence-corrected chi connectivity index (χ0v) is 12.0. The highest BCUT2D eigenvalue weighted by molar-refractivity contribution is 9.11. The standard InChI is InChI=1S/C11H15Br2NO/c1-3-6(2)10(14)7-4-8(12)11(15)9(13)5-7/h4-6,10,15H,3,14H2,1-2H3/t6?,10-/m1/s1. The molecule has 1 unspecified atom stereocenters. The lowest BCUT2D eigenvalue weighted by atomic mass is 9.93. The van der Waals surface area contributed by atoms with Gasteiger partial charge in [0.05, 0.1) is 8.95 Å². The molecule has 2 atom stereocenters. The Hall–Kier alpha value is -0.0600. The van der Waals surface area contributed by atoms with Crippen LogP contribution in [0.1, 0.15) is 31.9 Å². The summed E-state index contributed by atoms with van der Waals surface area (Å²) in [5, 5.41) is 9.57. The van der Waals surface area contributed by atoms with Crippen molar-refractivity contribution in [2.45, 2.75) is 26.3 Å². The molecule has 0 heterocycles. The fourth-order valence-corrected chi connectivity index (χ4v) is 2.58. The van der Waals surface area contributed by atoms with Crippen molar-refractivity contribution in [1.29, 1.82) is 0 Å². The summed E-state index contributed by atoms with van der Waals surface area (Å²) in [7, 11) is 0. The van der Waals surface area contributed by atoms with E-state index in [2.05, 4.69) is 45.7 Å². The molecule has 0 bridgehead atoms. The van der Waals surface area contributed by atoms with Gasteiger partial charge < -0.3 is 10.8 Å². The molecule has 0 aliphatic heterocycles. The van der Waals surface area contributed by atoms with Crippen molar-refractivity contribution in [2.24, 2.45) is 11.7 Å². The molecule has 0 aromatic heterocycles. The van der Waals surface area contributed by atoms with Crippen LogP contribution in [0.4, 0.5) is 0 Å². The fourth-order valence-electron chi connectivity index (χ4n) is 1.36. The third-order valence-corrected chi connectivity index (χ3v) is 3.89. The van der Waals surface area contributed by atoms with Crippen molar-refractivity contribution in [2.75, 3.05) is 0 Å². The summed E-state index contributed by atoms with van der Waals surface area (Å²) in [4.78, 5) is 0. The van der Waals surface area contributed by atoms with E-state index in [1.54, 1.807) is 0 Å². The van der Waals surface area contributed by atoms with Crippen LogP contribution in [-0.4, -0.2) is 5.11 Å². The third kappa shape index (κ3) is 2.95. The van der Waals surface area contributed by atoms with Crippen molar-refractivity contribution >= 4 is 31.9 Å². The van der Waals surface area contributed by atoms with Gasteiger partial charge in [0.15, 0.2) is 0 Å². The Morgan fingerprint density at radius 2 is 1.80 bits per heavy atom. The highest BCUT2D eigenvalue weighted by Crippen LogP contribution is 2.36. The third-order valence-electron chi connectivity index (χ3n) is 2.68. The van der Waals surface area contributed by atoms with E-state index in [1.807, 2.05) is 12.1 Å². The van der Waals surface area contributed by atoms with Gasteiger partial charge in [-0.1, -0.05) is 20.3 Å². The molecule has 0 fully saturated rings. The van der Waals surface area contributed by atoms with Crippen LogP contribution in [-0.2, 0) is 0 Å². The molecule has 1 rings (SSSR count). The summed E-state index contributed by atoms with van der Waals surface area (Å²) in [6.07, 6.45) is 1.04. The van der Waals surface area contributed by atoms with Gasteiger partial charge in [-0.3, -0.25) is 0 Å². The monoisotopic (exact) mass is 335 g/mol. The maximum Gasteiger partial charge on any atom is 0.143 e. The summed E-state index contributed by atoms with van der Waals surface area (Å²) in [5.74, 6) is 0.642. The average Bonchev–Trinajstić information content (AvgIpc) is 2.23. The quantitative estimate of drug-likeness (QED) is 0.877. The Bertz CT molecular complexity index is 331. The molecule has 1 aromatic rings. The molecule has 0 spiro atoms. The van der Waals surface area contributed by atoms with Crippen LogP contribution in [0.15, 0.2) is 21.1 Å². The number of phenols is 1. The molecule has 15 heavy (non-hydrogen) atoms. The summed E-state index contributed by atoms with van der Waals surface area (Å²) in [5.41, 5.74) is 7.14. The number of phenolic OH excluding ortho intramolecular Hbond substituents is 1. The summed E-state index contributed by atoms with van der Waals surface area (Å²) >= 11 is 6.60. The normalized spacial score (nSPS) is 15.0. The Labute approximate surface area is 107 Å². The van der Waals surface area contributed by atoms with Crippen molar-refractivity contribution in [3.63, 3.8) is 0 Å². The Kier molecular flexibility index (Phi) is 4.62. The minimum atomic E-state index is 0.00296. The highest BCUT2D eigenvalue weighted by atomic mass is 79.9. The van der Waals surface area contributed by atoms with Gasteiger partial charge in [0.25, 0.3) is 0 Å². The lowest BCUT2D eigenvalue weighted by molar-refractivity contribution is 0.451. The van der Waals surface area contributed by atoms with Crippen molar-refractivity contribution in [3.8, 4) is 5.75 Å². The van der Waals surface area contributed by atoms with Crippen molar-refractivity contribution in [1.82, 2.24) is 0 Å². The van der Waals surface area contributed by atoms with Crippen molar-refractivity contribution < 1.29 is 5.11 Å². The maximum atomic E-state index is 9.57. The number of nitrogens with two attached hydrogens (primary N) is 1. The highest BCUT2D eigenvalue weighted by Gasteiger charge is 2.16. The summed E-state index contributed by atoms with van der Waals surface area (Å²) < 4.78 is 1.34. The lowest BCUT2D eigenvalue weighted by Gasteiger charge is -2.19. The van der Waals surface area contributed by atoms with E-state index < -0.39 is 0 Å². The molecule has 0 radical (unpaired) electrons. The van der Waals surface area contributed by atoms with E-state index in [1.165, 1.54) is 0 Å². The topological polar surface area (TPSA) is 46.2 Å². The molecular weight excluding hydrogens is 322 g/mol. The molecule has 3 N–H and O–H groups in total. The van der Waals surface area contributed by atoms with Crippen LogP contribution >= 0.6 is 31.9 Å². The number of halogens is 2. The van der Waals surface area contributed by atoms with Crippen LogP contribution < -0.4 is 5.73 Å². The maximum absolute atomic E-state index is 9.57. The van der Waals surface area contributed by atoms with Gasteiger partial charge in [0, 0.05) is 6.04 Å². The Balaban J connectivity index is 3.06. The van der Waals surface area contributed by atoms with Gasteiger partial charge in [-0.15, -0.1) is 0 Å². The number of hydrogen-bond acceptors (Lipinski definition) is 2. The van der Waals surface area contributed by atoms with Crippen LogP contribution in [0, 0.1) is 5.92 Å². The Morgan fingerprint density at radius 1 is 1.33 bits per heavy atom. The predicted molar refractivity (Wildman–Crippen MR) is 69.9 cm³/mol. The van der Waals surface area contributed by atoms with E-state index in [-0.39, 0.29) is 11.8 Å². The minimum Gasteiger partial charge on any atom is -0.506 e. The second kappa shape index (κ2) is 5.32. The minimum absolute atomic E-state index is 0.00296. The zero-order chi connectivity index (χ0) is 11.6. The molecule has 1 aromatic carbocycles. The molecule has 0 saturated heterocycles. The molecule has 0 amide bonds. The smallest absolute Gasteiger partial charge is 0.143 e. The van der Waals surface area contributed by atoms with Crippen LogP contribution in [0.25, 0.3) is 0 Å². The largest absolute Gasteiger partial charge is 0.506 e. The number of benzene rings is 1. The van der Waals surface area contributed by atoms with Gasteiger partial charge >= 0.3 is 0 Å². The number of aromatic hydroxyl groups is 1. The number of hydrogen-bond donors (Lipinski definition) is 2. The summed E-state index contributed by atoms with van der Waals surface area (Å²) in [6, 6.07) is 3.75. The molecule has 4 heteroatoms. The van der Waals surface area contributed by atoms with E-state index in [4.69, 9.17) is 5.73 Å². The van der Waals surface area contributed by atoms with Crippen LogP contribution in [0.2, 0.25) is 0 Å². The van der Waals surface area contributed by atoms with Crippen molar-refractivity contribution in [3.05, 3.63) is 26.6 Å². The average molecular weight is 337 g/mol. The molecule has 0 saturated carbocycles. The zero-order valence-electron chi connectivity index (χ0n) is 8.80. The van der Waals surface area contributed by atoms with E-state index in [0.29, 0.717) is 14.9 Å². The fraction of sp³-hybridized carbons (Fsp3) is 0.455. The van der Waals surface area contributed by atoms with Crippen LogP contribution in [0.5, 0.6) is 5.75 Å². The second-order valence-electron chi connectivity index (χ2n) is 3.74. The van der Waals surface area contributed by atoms with E-state index in [0.717, 1.165) is 12.0 Å². The van der Waals surface area contributed by atoms with Crippen LogP contribution in [0.3, 0.4) is 0 Å². The SMILES string of the molecule is CCC(C)[C@@H](N)c1cc(Br)c(O)c(Br)c1. The first-order chi connectivity index (χ1) is 6.97. The lowest BCUT2D eigenvalue weighted by Crippen LogP contribution is -2.18. The first kappa shape index (κ1) is 13.0. The van der Waals surface area contributed by atoms with Gasteiger partial charge in [0.1, 0.15) is 5.75 Å². The molecule has 0 aliphatic rings. The van der Waals surface area contributed by atoms with Gasteiger partial charge in [-0.2, -0.15) is 0 Å². The molecule has 0 aliphatic carbocycles. The van der Waals surface area contributed by atoms with E-state index in [9.17, 15) is 5.11 Å². The first-order valence-corrected chi connectivity index (χ1v) is 6.49. The summed E-state index contributed by atoms with van der Waals surface area (Å²) in [6.45, 7) is 4.24. The first-order valence-electron chi connectivity index (χ1n) is 4.90. The van der Waals surface area contributed by atoms with E-state index >= 15 is 0 Å². The molecule has 84 valence electrons. The molecular formula is C11H15Br2NO. The predicted octanol–water partition coefficient (Wildman–Crippen LogP) is 3.96. The second-order valence-corrected chi connectivity index (χ2v) is 5.45. The van der Waals surface area contributed by atoms with Gasteiger partial charge in [0.2, 0.25) is 0 Å².